The third-order valence-electron chi connectivity index (χ3n) is 4.56. The van der Waals surface area contributed by atoms with Crippen molar-refractivity contribution in [2.45, 2.75) is 12.8 Å². The van der Waals surface area contributed by atoms with Gasteiger partial charge in [-0.2, -0.15) is 0 Å². The van der Waals surface area contributed by atoms with Crippen molar-refractivity contribution >= 4 is 44.8 Å². The van der Waals surface area contributed by atoms with E-state index in [9.17, 15) is 0 Å². The highest BCUT2D eigenvalue weighted by Gasteiger charge is 2.13. The number of rotatable bonds is 4. The van der Waals surface area contributed by atoms with Crippen LogP contribution >= 0.6 is 28.3 Å². The van der Waals surface area contributed by atoms with Gasteiger partial charge in [-0.3, -0.25) is 0 Å². The first-order valence-corrected chi connectivity index (χ1v) is 9.29. The van der Waals surface area contributed by atoms with Gasteiger partial charge < -0.3 is 9.80 Å². The number of thiazole rings is 1. The average molecular weight is 416 g/mol. The second-order valence-corrected chi connectivity index (χ2v) is 6.99. The van der Waals surface area contributed by atoms with Crippen LogP contribution in [-0.4, -0.2) is 25.1 Å². The SMILES string of the molecule is Br.CN(c1ccccc1)c1nc(-c2ccc(N3CCCC3)cc2)cs1. The van der Waals surface area contributed by atoms with Crippen molar-refractivity contribution in [3.63, 3.8) is 0 Å². The maximum atomic E-state index is 4.81. The van der Waals surface area contributed by atoms with Crippen LogP contribution in [0.25, 0.3) is 11.3 Å². The van der Waals surface area contributed by atoms with Gasteiger partial charge >= 0.3 is 0 Å². The summed E-state index contributed by atoms with van der Waals surface area (Å²) >= 11 is 1.68. The van der Waals surface area contributed by atoms with E-state index >= 15 is 0 Å². The number of halogens is 1. The van der Waals surface area contributed by atoms with Gasteiger partial charge in [-0.15, -0.1) is 28.3 Å². The zero-order valence-corrected chi connectivity index (χ0v) is 16.8. The Labute approximate surface area is 163 Å². The fourth-order valence-corrected chi connectivity index (χ4v) is 3.95. The Hall–Kier alpha value is -1.85. The molecule has 5 heteroatoms. The number of para-hydroxylation sites is 1. The summed E-state index contributed by atoms with van der Waals surface area (Å²) in [5.41, 5.74) is 4.71. The van der Waals surface area contributed by atoms with Crippen LogP contribution in [0.4, 0.5) is 16.5 Å². The monoisotopic (exact) mass is 415 g/mol. The van der Waals surface area contributed by atoms with Gasteiger partial charge in [0.1, 0.15) is 0 Å². The molecule has 3 nitrogen and oxygen atoms in total. The minimum Gasteiger partial charge on any atom is -0.372 e. The Balaban J connectivity index is 0.00000182. The molecule has 0 radical (unpaired) electrons. The lowest BCUT2D eigenvalue weighted by Gasteiger charge is -2.17. The molecule has 130 valence electrons. The van der Waals surface area contributed by atoms with Crippen molar-refractivity contribution in [3.8, 4) is 11.3 Å². The van der Waals surface area contributed by atoms with Crippen LogP contribution < -0.4 is 9.80 Å². The van der Waals surface area contributed by atoms with E-state index in [4.69, 9.17) is 4.98 Å². The van der Waals surface area contributed by atoms with Crippen LogP contribution in [0.3, 0.4) is 0 Å². The molecular weight excluding hydrogens is 394 g/mol. The number of hydrogen-bond acceptors (Lipinski definition) is 4. The number of aromatic nitrogens is 1. The molecule has 1 saturated heterocycles. The van der Waals surface area contributed by atoms with Gasteiger partial charge in [0.2, 0.25) is 0 Å². The van der Waals surface area contributed by atoms with Gasteiger partial charge in [-0.25, -0.2) is 4.98 Å². The first-order valence-electron chi connectivity index (χ1n) is 8.41. The molecule has 0 saturated carbocycles. The molecule has 0 N–H and O–H groups in total. The first-order chi connectivity index (χ1) is 11.8. The molecule has 0 atom stereocenters. The van der Waals surface area contributed by atoms with Gasteiger partial charge in [0.25, 0.3) is 0 Å². The summed E-state index contributed by atoms with van der Waals surface area (Å²) in [7, 11) is 2.06. The maximum Gasteiger partial charge on any atom is 0.190 e. The van der Waals surface area contributed by atoms with Crippen molar-refractivity contribution in [2.24, 2.45) is 0 Å². The predicted molar refractivity (Wildman–Crippen MR) is 114 cm³/mol. The summed E-state index contributed by atoms with van der Waals surface area (Å²) in [6.07, 6.45) is 2.62. The zero-order valence-electron chi connectivity index (χ0n) is 14.3. The zero-order chi connectivity index (χ0) is 16.4. The molecule has 1 aliphatic heterocycles. The molecule has 3 aromatic rings. The molecule has 2 aromatic carbocycles. The summed E-state index contributed by atoms with van der Waals surface area (Å²) in [6, 6.07) is 19.2. The van der Waals surface area contributed by atoms with Gasteiger partial charge in [-0.1, -0.05) is 30.3 Å². The lowest BCUT2D eigenvalue weighted by molar-refractivity contribution is 0.949. The Morgan fingerprint density at radius 1 is 0.960 bits per heavy atom. The Morgan fingerprint density at radius 2 is 1.64 bits per heavy atom. The molecule has 0 spiro atoms. The van der Waals surface area contributed by atoms with Gasteiger partial charge in [0.15, 0.2) is 5.13 Å². The van der Waals surface area contributed by atoms with Crippen LogP contribution in [0, 0.1) is 0 Å². The summed E-state index contributed by atoms with van der Waals surface area (Å²) < 4.78 is 0. The van der Waals surface area contributed by atoms with Crippen molar-refractivity contribution in [3.05, 3.63) is 60.0 Å². The van der Waals surface area contributed by atoms with Crippen molar-refractivity contribution in [1.29, 1.82) is 0 Å². The molecule has 1 aliphatic rings. The lowest BCUT2D eigenvalue weighted by Crippen LogP contribution is -2.17. The minimum atomic E-state index is 0. The summed E-state index contributed by atoms with van der Waals surface area (Å²) in [4.78, 5) is 9.40. The highest BCUT2D eigenvalue weighted by atomic mass is 79.9. The van der Waals surface area contributed by atoms with E-state index < -0.39 is 0 Å². The van der Waals surface area contributed by atoms with E-state index in [1.165, 1.54) is 37.2 Å². The number of benzene rings is 2. The fourth-order valence-electron chi connectivity index (χ4n) is 3.13. The lowest BCUT2D eigenvalue weighted by atomic mass is 10.1. The largest absolute Gasteiger partial charge is 0.372 e. The summed E-state index contributed by atoms with van der Waals surface area (Å²) in [5, 5.41) is 3.15. The molecule has 1 aromatic heterocycles. The molecule has 0 unspecified atom stereocenters. The Kier molecular flexibility index (Phi) is 5.76. The first kappa shape index (κ1) is 18.0. The number of hydrogen-bond donors (Lipinski definition) is 0. The average Bonchev–Trinajstić information content (AvgIpc) is 3.34. The highest BCUT2D eigenvalue weighted by molar-refractivity contribution is 8.93. The van der Waals surface area contributed by atoms with Crippen molar-refractivity contribution in [1.82, 2.24) is 4.98 Å². The normalized spacial score (nSPS) is 13.6. The summed E-state index contributed by atoms with van der Waals surface area (Å²) in [6.45, 7) is 2.37. The van der Waals surface area contributed by atoms with Gasteiger partial charge in [-0.05, 0) is 37.1 Å². The molecule has 4 rings (SSSR count). The topological polar surface area (TPSA) is 19.4 Å². The van der Waals surface area contributed by atoms with Gasteiger partial charge in [0, 0.05) is 42.5 Å². The van der Waals surface area contributed by atoms with Crippen LogP contribution in [0.1, 0.15) is 12.8 Å². The molecule has 2 heterocycles. The quantitative estimate of drug-likeness (QED) is 0.539. The predicted octanol–water partition coefficient (Wildman–Crippen LogP) is 5.76. The van der Waals surface area contributed by atoms with Crippen molar-refractivity contribution < 1.29 is 0 Å². The highest BCUT2D eigenvalue weighted by Crippen LogP contribution is 2.32. The van der Waals surface area contributed by atoms with Crippen molar-refractivity contribution in [2.75, 3.05) is 29.9 Å². The number of anilines is 3. The molecule has 1 fully saturated rings. The van der Waals surface area contributed by atoms with E-state index in [1.54, 1.807) is 11.3 Å². The Morgan fingerprint density at radius 3 is 2.32 bits per heavy atom. The van der Waals surface area contributed by atoms with Gasteiger partial charge in [0.05, 0.1) is 5.69 Å². The second kappa shape index (κ2) is 8.02. The smallest absolute Gasteiger partial charge is 0.190 e. The maximum absolute atomic E-state index is 4.81. The molecular formula is C20H22BrN3S. The summed E-state index contributed by atoms with van der Waals surface area (Å²) in [5.74, 6) is 0. The van der Waals surface area contributed by atoms with Crippen LogP contribution in [-0.2, 0) is 0 Å². The van der Waals surface area contributed by atoms with Crippen LogP contribution in [0.2, 0.25) is 0 Å². The molecule has 0 bridgehead atoms. The molecule has 0 aliphatic carbocycles. The van der Waals surface area contributed by atoms with E-state index in [0.717, 1.165) is 16.5 Å². The number of nitrogens with zero attached hydrogens (tertiary/aromatic N) is 3. The molecule has 25 heavy (non-hydrogen) atoms. The van der Waals surface area contributed by atoms with Crippen LogP contribution in [0.15, 0.2) is 60.0 Å². The standard InChI is InChI=1S/C20H21N3S.BrH/c1-22(17-7-3-2-4-8-17)20-21-19(15-24-20)16-9-11-18(12-10-16)23-13-5-6-14-23;/h2-4,7-12,15H,5-6,13-14H2,1H3;1H. The van der Waals surface area contributed by atoms with E-state index in [-0.39, 0.29) is 17.0 Å². The van der Waals surface area contributed by atoms with E-state index in [2.05, 4.69) is 70.8 Å². The Bertz CT molecular complexity index is 795. The second-order valence-electron chi connectivity index (χ2n) is 6.15. The van der Waals surface area contributed by atoms with E-state index in [0.29, 0.717) is 0 Å². The third-order valence-corrected chi connectivity index (χ3v) is 5.47. The third kappa shape index (κ3) is 3.88. The van der Waals surface area contributed by atoms with Crippen LogP contribution in [0.5, 0.6) is 0 Å². The fraction of sp³-hybridized carbons (Fsp3) is 0.250. The minimum absolute atomic E-state index is 0. The molecule has 0 amide bonds. The van der Waals surface area contributed by atoms with E-state index in [1.807, 2.05) is 6.07 Å².